The number of carboxylic acids is 1. The van der Waals surface area contributed by atoms with Crippen LogP contribution in [-0.2, 0) is 4.79 Å². The molecule has 3 nitrogen and oxygen atoms in total. The standard InChI is InChI=1S/C11H7NO2/c12-8-10-6-4-9(5-7-10)2-1-3-11(13)14/h4-7H,3H2,(H,13,14). The van der Waals surface area contributed by atoms with Crippen LogP contribution in [0.3, 0.4) is 0 Å². The highest BCUT2D eigenvalue weighted by Gasteiger charge is 1.90. The van der Waals surface area contributed by atoms with E-state index >= 15 is 0 Å². The van der Waals surface area contributed by atoms with Gasteiger partial charge in [-0.2, -0.15) is 5.26 Å². The highest BCUT2D eigenvalue weighted by atomic mass is 16.4. The van der Waals surface area contributed by atoms with Gasteiger partial charge in [0.1, 0.15) is 6.42 Å². The normalized spacial score (nSPS) is 8.21. The molecular weight excluding hydrogens is 178 g/mol. The quantitative estimate of drug-likeness (QED) is 0.672. The molecule has 0 bridgehead atoms. The Morgan fingerprint density at radius 1 is 1.29 bits per heavy atom. The Morgan fingerprint density at radius 3 is 2.36 bits per heavy atom. The summed E-state index contributed by atoms with van der Waals surface area (Å²) in [6.07, 6.45) is -0.167. The molecule has 1 rings (SSSR count). The zero-order valence-corrected chi connectivity index (χ0v) is 7.32. The number of carboxylic acid groups (broad SMARTS) is 1. The van der Waals surface area contributed by atoms with Crippen LogP contribution in [0.5, 0.6) is 0 Å². The Kier molecular flexibility index (Phi) is 3.29. The number of nitriles is 1. The van der Waals surface area contributed by atoms with E-state index < -0.39 is 5.97 Å². The minimum absolute atomic E-state index is 0.167. The average Bonchev–Trinajstić information content (AvgIpc) is 2.18. The van der Waals surface area contributed by atoms with E-state index in [1.807, 2.05) is 6.07 Å². The van der Waals surface area contributed by atoms with Gasteiger partial charge in [0.15, 0.2) is 0 Å². The molecule has 1 aromatic rings. The molecule has 0 saturated carbocycles. The molecule has 0 aromatic heterocycles. The van der Waals surface area contributed by atoms with Crippen molar-refractivity contribution in [3.8, 4) is 17.9 Å². The fourth-order valence-electron chi connectivity index (χ4n) is 0.850. The lowest BCUT2D eigenvalue weighted by molar-refractivity contribution is -0.135. The molecule has 0 atom stereocenters. The third-order valence-electron chi connectivity index (χ3n) is 1.49. The van der Waals surface area contributed by atoms with Crippen LogP contribution in [0, 0.1) is 23.2 Å². The van der Waals surface area contributed by atoms with Crippen LogP contribution in [0.2, 0.25) is 0 Å². The van der Waals surface area contributed by atoms with Crippen molar-refractivity contribution in [2.75, 3.05) is 0 Å². The van der Waals surface area contributed by atoms with Gasteiger partial charge in [0.05, 0.1) is 11.6 Å². The molecule has 14 heavy (non-hydrogen) atoms. The van der Waals surface area contributed by atoms with E-state index in [1.165, 1.54) is 0 Å². The fraction of sp³-hybridized carbons (Fsp3) is 0.0909. The second-order valence-electron chi connectivity index (χ2n) is 2.56. The largest absolute Gasteiger partial charge is 0.481 e. The van der Waals surface area contributed by atoms with Gasteiger partial charge in [-0.05, 0) is 24.3 Å². The van der Waals surface area contributed by atoms with Crippen molar-refractivity contribution in [1.29, 1.82) is 5.26 Å². The number of aliphatic carboxylic acids is 1. The van der Waals surface area contributed by atoms with Gasteiger partial charge in [-0.1, -0.05) is 11.8 Å². The summed E-state index contributed by atoms with van der Waals surface area (Å²) in [4.78, 5) is 10.1. The number of rotatable bonds is 1. The Hall–Kier alpha value is -2.26. The molecule has 0 aliphatic carbocycles. The number of benzene rings is 1. The Labute approximate surface area is 81.6 Å². The summed E-state index contributed by atoms with van der Waals surface area (Å²) < 4.78 is 0. The van der Waals surface area contributed by atoms with Crippen LogP contribution >= 0.6 is 0 Å². The van der Waals surface area contributed by atoms with Gasteiger partial charge in [0, 0.05) is 5.56 Å². The first kappa shape index (κ1) is 9.83. The van der Waals surface area contributed by atoms with Crippen molar-refractivity contribution in [2.24, 2.45) is 0 Å². The van der Waals surface area contributed by atoms with Gasteiger partial charge >= 0.3 is 5.97 Å². The summed E-state index contributed by atoms with van der Waals surface area (Å²) in [5.74, 6) is 4.25. The summed E-state index contributed by atoms with van der Waals surface area (Å²) in [7, 11) is 0. The summed E-state index contributed by atoms with van der Waals surface area (Å²) >= 11 is 0. The molecule has 0 spiro atoms. The highest BCUT2D eigenvalue weighted by Crippen LogP contribution is 2.01. The van der Waals surface area contributed by atoms with Crippen molar-refractivity contribution in [1.82, 2.24) is 0 Å². The summed E-state index contributed by atoms with van der Waals surface area (Å²) in [6, 6.07) is 8.65. The maximum Gasteiger partial charge on any atom is 0.315 e. The van der Waals surface area contributed by atoms with E-state index in [1.54, 1.807) is 24.3 Å². The van der Waals surface area contributed by atoms with E-state index in [2.05, 4.69) is 11.8 Å². The third-order valence-corrected chi connectivity index (χ3v) is 1.49. The number of carbonyl (C=O) groups is 1. The molecule has 0 fully saturated rings. The summed E-state index contributed by atoms with van der Waals surface area (Å²) in [5, 5.41) is 16.8. The van der Waals surface area contributed by atoms with Gasteiger partial charge in [-0.25, -0.2) is 0 Å². The monoisotopic (exact) mass is 185 g/mol. The van der Waals surface area contributed by atoms with Gasteiger partial charge < -0.3 is 5.11 Å². The van der Waals surface area contributed by atoms with E-state index in [0.29, 0.717) is 11.1 Å². The topological polar surface area (TPSA) is 61.1 Å². The Balaban J connectivity index is 2.73. The summed E-state index contributed by atoms with van der Waals surface area (Å²) in [6.45, 7) is 0. The minimum Gasteiger partial charge on any atom is -0.481 e. The minimum atomic E-state index is -0.939. The fourth-order valence-corrected chi connectivity index (χ4v) is 0.850. The van der Waals surface area contributed by atoms with Crippen molar-refractivity contribution in [3.63, 3.8) is 0 Å². The molecule has 0 heterocycles. The predicted octanol–water partition coefficient (Wildman–Crippen LogP) is 1.38. The van der Waals surface area contributed by atoms with Crippen molar-refractivity contribution in [3.05, 3.63) is 35.4 Å². The Morgan fingerprint density at radius 2 is 1.86 bits per heavy atom. The van der Waals surface area contributed by atoms with Crippen LogP contribution in [0.1, 0.15) is 17.5 Å². The number of nitrogens with zero attached hydrogens (tertiary/aromatic N) is 1. The van der Waals surface area contributed by atoms with Crippen LogP contribution in [0.15, 0.2) is 24.3 Å². The zero-order valence-electron chi connectivity index (χ0n) is 7.32. The highest BCUT2D eigenvalue weighted by molar-refractivity contribution is 5.70. The molecule has 0 amide bonds. The second kappa shape index (κ2) is 4.69. The first-order valence-corrected chi connectivity index (χ1v) is 3.93. The van der Waals surface area contributed by atoms with E-state index in [-0.39, 0.29) is 6.42 Å². The van der Waals surface area contributed by atoms with E-state index in [0.717, 1.165) is 0 Å². The molecule has 0 saturated heterocycles. The lowest BCUT2D eigenvalue weighted by Crippen LogP contribution is -1.90. The SMILES string of the molecule is N#Cc1ccc(C#CCC(=O)O)cc1. The van der Waals surface area contributed by atoms with Gasteiger partial charge in [0.2, 0.25) is 0 Å². The van der Waals surface area contributed by atoms with Crippen LogP contribution < -0.4 is 0 Å². The van der Waals surface area contributed by atoms with Gasteiger partial charge in [0.25, 0.3) is 0 Å². The summed E-state index contributed by atoms with van der Waals surface area (Å²) in [5.41, 5.74) is 1.28. The molecule has 1 N–H and O–H groups in total. The molecule has 3 heteroatoms. The maximum absolute atomic E-state index is 10.1. The van der Waals surface area contributed by atoms with Crippen LogP contribution in [-0.4, -0.2) is 11.1 Å². The Bertz CT molecular complexity index is 429. The first-order chi connectivity index (χ1) is 6.72. The third kappa shape index (κ3) is 3.00. The lowest BCUT2D eigenvalue weighted by atomic mass is 10.1. The predicted molar refractivity (Wildman–Crippen MR) is 50.3 cm³/mol. The van der Waals surface area contributed by atoms with Crippen LogP contribution in [0.4, 0.5) is 0 Å². The first-order valence-electron chi connectivity index (χ1n) is 3.93. The molecule has 0 aliphatic rings. The van der Waals surface area contributed by atoms with Crippen LogP contribution in [0.25, 0.3) is 0 Å². The van der Waals surface area contributed by atoms with Crippen molar-refractivity contribution >= 4 is 5.97 Å². The van der Waals surface area contributed by atoms with Crippen molar-refractivity contribution < 1.29 is 9.90 Å². The van der Waals surface area contributed by atoms with Crippen molar-refractivity contribution in [2.45, 2.75) is 6.42 Å². The maximum atomic E-state index is 10.1. The molecular formula is C11H7NO2. The number of hydrogen-bond acceptors (Lipinski definition) is 2. The smallest absolute Gasteiger partial charge is 0.315 e. The molecule has 0 aliphatic heterocycles. The molecule has 0 unspecified atom stereocenters. The molecule has 68 valence electrons. The molecule has 1 aromatic carbocycles. The van der Waals surface area contributed by atoms with Gasteiger partial charge in [-0.3, -0.25) is 4.79 Å². The molecule has 0 radical (unpaired) electrons. The lowest BCUT2D eigenvalue weighted by Gasteiger charge is -1.89. The van der Waals surface area contributed by atoms with Gasteiger partial charge in [-0.15, -0.1) is 0 Å². The second-order valence-corrected chi connectivity index (χ2v) is 2.56. The van der Waals surface area contributed by atoms with E-state index in [4.69, 9.17) is 10.4 Å². The zero-order chi connectivity index (χ0) is 10.4. The number of hydrogen-bond donors (Lipinski definition) is 1. The van der Waals surface area contributed by atoms with E-state index in [9.17, 15) is 4.79 Å². The average molecular weight is 185 g/mol.